The fourth-order valence-electron chi connectivity index (χ4n) is 2.79. The van der Waals surface area contributed by atoms with E-state index in [0.717, 1.165) is 44.3 Å². The number of allylic oxidation sites excluding steroid dienone is 1. The van der Waals surface area contributed by atoms with Crippen LogP contribution in [0.3, 0.4) is 0 Å². The second-order valence-corrected chi connectivity index (χ2v) is 5.52. The third-order valence-electron chi connectivity index (χ3n) is 4.22. The zero-order valence-electron chi connectivity index (χ0n) is 13.0. The number of carbonyl (C=O) groups is 2. The SMILES string of the molecule is C=C(CC)N(CC1CCC(C(=O)OC)CC1)C(=O)CC. The smallest absolute Gasteiger partial charge is 0.308 e. The Morgan fingerprint density at radius 2 is 1.75 bits per heavy atom. The minimum atomic E-state index is -0.0945. The summed E-state index contributed by atoms with van der Waals surface area (Å²) >= 11 is 0. The molecule has 0 aromatic rings. The Morgan fingerprint density at radius 1 is 1.15 bits per heavy atom. The normalized spacial score (nSPS) is 22.1. The van der Waals surface area contributed by atoms with Gasteiger partial charge in [0.25, 0.3) is 0 Å². The molecule has 1 fully saturated rings. The summed E-state index contributed by atoms with van der Waals surface area (Å²) < 4.78 is 4.80. The van der Waals surface area contributed by atoms with Crippen molar-refractivity contribution in [2.24, 2.45) is 11.8 Å². The van der Waals surface area contributed by atoms with E-state index in [9.17, 15) is 9.59 Å². The Hall–Kier alpha value is -1.32. The van der Waals surface area contributed by atoms with E-state index in [1.54, 1.807) is 0 Å². The summed E-state index contributed by atoms with van der Waals surface area (Å²) in [5.74, 6) is 0.561. The van der Waals surface area contributed by atoms with Gasteiger partial charge in [0, 0.05) is 18.7 Å². The Balaban J connectivity index is 2.53. The van der Waals surface area contributed by atoms with Gasteiger partial charge < -0.3 is 9.64 Å². The first kappa shape index (κ1) is 16.7. The van der Waals surface area contributed by atoms with E-state index >= 15 is 0 Å². The molecule has 0 saturated heterocycles. The number of amides is 1. The third kappa shape index (κ3) is 4.36. The lowest BCUT2D eigenvalue weighted by Crippen LogP contribution is -2.36. The van der Waals surface area contributed by atoms with Crippen molar-refractivity contribution in [2.45, 2.75) is 52.4 Å². The first-order chi connectivity index (χ1) is 9.53. The van der Waals surface area contributed by atoms with E-state index in [2.05, 4.69) is 6.58 Å². The Bertz CT molecular complexity index is 341. The van der Waals surface area contributed by atoms with Crippen molar-refractivity contribution in [3.8, 4) is 0 Å². The van der Waals surface area contributed by atoms with Crippen molar-refractivity contribution >= 4 is 11.9 Å². The van der Waals surface area contributed by atoms with Gasteiger partial charge in [0.1, 0.15) is 0 Å². The topological polar surface area (TPSA) is 46.6 Å². The molecule has 0 aromatic heterocycles. The number of carbonyl (C=O) groups excluding carboxylic acids is 2. The molecule has 0 radical (unpaired) electrons. The number of hydrogen-bond acceptors (Lipinski definition) is 3. The predicted molar refractivity (Wildman–Crippen MR) is 78.9 cm³/mol. The van der Waals surface area contributed by atoms with E-state index in [1.807, 2.05) is 18.7 Å². The van der Waals surface area contributed by atoms with Crippen LogP contribution in [0.25, 0.3) is 0 Å². The average Bonchev–Trinajstić information content (AvgIpc) is 2.50. The molecule has 0 aliphatic heterocycles. The fraction of sp³-hybridized carbons (Fsp3) is 0.750. The van der Waals surface area contributed by atoms with Crippen LogP contribution in [-0.2, 0) is 14.3 Å². The van der Waals surface area contributed by atoms with Crippen molar-refractivity contribution < 1.29 is 14.3 Å². The molecular formula is C16H27NO3. The highest BCUT2D eigenvalue weighted by Crippen LogP contribution is 2.31. The maximum atomic E-state index is 12.0. The molecule has 1 aliphatic carbocycles. The van der Waals surface area contributed by atoms with E-state index in [0.29, 0.717) is 12.3 Å². The molecule has 0 N–H and O–H groups in total. The summed E-state index contributed by atoms with van der Waals surface area (Å²) in [7, 11) is 1.45. The van der Waals surface area contributed by atoms with Crippen LogP contribution < -0.4 is 0 Å². The highest BCUT2D eigenvalue weighted by atomic mass is 16.5. The van der Waals surface area contributed by atoms with Crippen LogP contribution >= 0.6 is 0 Å². The van der Waals surface area contributed by atoms with Crippen LogP contribution in [0.1, 0.15) is 52.4 Å². The van der Waals surface area contributed by atoms with Gasteiger partial charge in [-0.15, -0.1) is 0 Å². The van der Waals surface area contributed by atoms with Gasteiger partial charge in [-0.25, -0.2) is 0 Å². The monoisotopic (exact) mass is 281 g/mol. The summed E-state index contributed by atoms with van der Waals surface area (Å²) in [6.45, 7) is 8.64. The number of nitrogens with zero attached hydrogens (tertiary/aromatic N) is 1. The number of ether oxygens (including phenoxy) is 1. The molecule has 0 unspecified atom stereocenters. The van der Waals surface area contributed by atoms with Gasteiger partial charge in [0.15, 0.2) is 0 Å². The van der Waals surface area contributed by atoms with E-state index < -0.39 is 0 Å². The van der Waals surface area contributed by atoms with Crippen molar-refractivity contribution in [1.82, 2.24) is 4.90 Å². The van der Waals surface area contributed by atoms with Gasteiger partial charge in [0.05, 0.1) is 13.0 Å². The zero-order valence-corrected chi connectivity index (χ0v) is 13.0. The molecule has 4 heteroatoms. The first-order valence-electron chi connectivity index (χ1n) is 7.59. The number of rotatable bonds is 6. The van der Waals surface area contributed by atoms with Crippen molar-refractivity contribution in [2.75, 3.05) is 13.7 Å². The van der Waals surface area contributed by atoms with Crippen LogP contribution in [-0.4, -0.2) is 30.4 Å². The van der Waals surface area contributed by atoms with Gasteiger partial charge >= 0.3 is 5.97 Å². The van der Waals surface area contributed by atoms with Crippen LogP contribution in [0.2, 0.25) is 0 Å². The van der Waals surface area contributed by atoms with Gasteiger partial charge in [-0.2, -0.15) is 0 Å². The maximum Gasteiger partial charge on any atom is 0.308 e. The van der Waals surface area contributed by atoms with Crippen molar-refractivity contribution in [3.05, 3.63) is 12.3 Å². The molecule has 0 spiro atoms. The van der Waals surface area contributed by atoms with Gasteiger partial charge in [-0.1, -0.05) is 20.4 Å². The minimum Gasteiger partial charge on any atom is -0.469 e. The van der Waals surface area contributed by atoms with Crippen LogP contribution in [0.5, 0.6) is 0 Å². The molecule has 1 aliphatic rings. The standard InChI is InChI=1S/C16H27NO3/c1-5-12(3)17(15(18)6-2)11-13-7-9-14(10-8-13)16(19)20-4/h13-14H,3,5-11H2,1-2,4H3. The van der Waals surface area contributed by atoms with Crippen molar-refractivity contribution in [3.63, 3.8) is 0 Å². The molecule has 1 rings (SSSR count). The Labute approximate surface area is 122 Å². The molecular weight excluding hydrogens is 254 g/mol. The third-order valence-corrected chi connectivity index (χ3v) is 4.22. The lowest BCUT2D eigenvalue weighted by Gasteiger charge is -2.32. The second-order valence-electron chi connectivity index (χ2n) is 5.52. The van der Waals surface area contributed by atoms with Gasteiger partial charge in [-0.05, 0) is 38.0 Å². The molecule has 0 heterocycles. The molecule has 20 heavy (non-hydrogen) atoms. The lowest BCUT2D eigenvalue weighted by molar-refractivity contribution is -0.147. The zero-order chi connectivity index (χ0) is 15.1. The molecule has 0 atom stereocenters. The second kappa shape index (κ2) is 8.08. The molecule has 1 saturated carbocycles. The minimum absolute atomic E-state index is 0.0425. The van der Waals surface area contributed by atoms with E-state index in [1.165, 1.54) is 7.11 Å². The summed E-state index contributed by atoms with van der Waals surface area (Å²) in [6.07, 6.45) is 4.99. The Kier molecular flexibility index (Phi) is 6.76. The van der Waals surface area contributed by atoms with Crippen LogP contribution in [0.15, 0.2) is 12.3 Å². The highest BCUT2D eigenvalue weighted by Gasteiger charge is 2.29. The van der Waals surface area contributed by atoms with Crippen LogP contribution in [0.4, 0.5) is 0 Å². The fourth-order valence-corrected chi connectivity index (χ4v) is 2.79. The summed E-state index contributed by atoms with van der Waals surface area (Å²) in [4.78, 5) is 25.3. The van der Waals surface area contributed by atoms with E-state index in [4.69, 9.17) is 4.74 Å². The molecule has 114 valence electrons. The summed E-state index contributed by atoms with van der Waals surface area (Å²) in [5.41, 5.74) is 0.895. The number of hydrogen-bond donors (Lipinski definition) is 0. The number of methoxy groups -OCH3 is 1. The molecule has 1 amide bonds. The maximum absolute atomic E-state index is 12.0. The lowest BCUT2D eigenvalue weighted by atomic mass is 9.81. The van der Waals surface area contributed by atoms with Crippen molar-refractivity contribution in [1.29, 1.82) is 0 Å². The van der Waals surface area contributed by atoms with Gasteiger partial charge in [0.2, 0.25) is 5.91 Å². The van der Waals surface area contributed by atoms with Gasteiger partial charge in [-0.3, -0.25) is 9.59 Å². The Morgan fingerprint density at radius 3 is 2.20 bits per heavy atom. The summed E-state index contributed by atoms with van der Waals surface area (Å²) in [6, 6.07) is 0. The molecule has 0 bridgehead atoms. The molecule has 0 aromatic carbocycles. The quantitative estimate of drug-likeness (QED) is 0.703. The first-order valence-corrected chi connectivity index (χ1v) is 7.59. The average molecular weight is 281 g/mol. The molecule has 4 nitrogen and oxygen atoms in total. The highest BCUT2D eigenvalue weighted by molar-refractivity contribution is 5.77. The van der Waals surface area contributed by atoms with E-state index in [-0.39, 0.29) is 17.8 Å². The number of esters is 1. The largest absolute Gasteiger partial charge is 0.469 e. The van der Waals surface area contributed by atoms with Crippen LogP contribution in [0, 0.1) is 11.8 Å². The predicted octanol–water partition coefficient (Wildman–Crippen LogP) is 3.13. The summed E-state index contributed by atoms with van der Waals surface area (Å²) in [5, 5.41) is 0.